The maximum atomic E-state index is 14.1. The highest BCUT2D eigenvalue weighted by molar-refractivity contribution is 5.79. The molecule has 0 radical (unpaired) electrons. The Morgan fingerprint density at radius 2 is 1.79 bits per heavy atom. The molecule has 0 aliphatic heterocycles. The molecule has 0 atom stereocenters. The van der Waals surface area contributed by atoms with Crippen LogP contribution < -0.4 is 4.74 Å². The molecule has 19 heavy (non-hydrogen) atoms. The second-order valence-corrected chi connectivity index (χ2v) is 4.45. The molecular weight excluding hydrogens is 243 g/mol. The molecule has 2 nitrogen and oxygen atoms in total. The van der Waals surface area contributed by atoms with Gasteiger partial charge < -0.3 is 4.74 Å². The summed E-state index contributed by atoms with van der Waals surface area (Å²) in [4.78, 5) is 10.6. The predicted octanol–water partition coefficient (Wildman–Crippen LogP) is 3.93. The quantitative estimate of drug-likeness (QED) is 0.780. The maximum absolute atomic E-state index is 14.1. The van der Waals surface area contributed by atoms with Gasteiger partial charge in [-0.25, -0.2) is 4.39 Å². The van der Waals surface area contributed by atoms with Gasteiger partial charge in [-0.3, -0.25) is 4.79 Å². The Morgan fingerprint density at radius 1 is 1.11 bits per heavy atom. The normalized spacial score (nSPS) is 10.3. The van der Waals surface area contributed by atoms with Crippen LogP contribution in [0, 0.1) is 19.7 Å². The summed E-state index contributed by atoms with van der Waals surface area (Å²) in [6, 6.07) is 8.20. The first kappa shape index (κ1) is 13.3. The van der Waals surface area contributed by atoms with E-state index in [1.165, 1.54) is 6.07 Å². The van der Waals surface area contributed by atoms with E-state index in [9.17, 15) is 9.18 Å². The number of carbonyl (C=O) groups is 1. The minimum atomic E-state index is -0.425. The summed E-state index contributed by atoms with van der Waals surface area (Å²) in [6.07, 6.45) is 0.629. The summed E-state index contributed by atoms with van der Waals surface area (Å²) in [6.45, 7) is 3.92. The molecule has 0 aliphatic rings. The SMILES string of the molecule is COc1c(-c2ccc(C=O)cc2F)ccc(C)c1C. The van der Waals surface area contributed by atoms with E-state index in [1.54, 1.807) is 19.2 Å². The summed E-state index contributed by atoms with van der Waals surface area (Å²) < 4.78 is 19.4. The standard InChI is InChI=1S/C16H15FO2/c1-10-4-6-14(16(19-3)11(10)2)13-7-5-12(9-18)8-15(13)17/h4-9H,1-3H3. The van der Waals surface area contributed by atoms with E-state index in [1.807, 2.05) is 26.0 Å². The molecule has 0 spiro atoms. The molecule has 0 aliphatic carbocycles. The Bertz CT molecular complexity index is 633. The molecule has 0 saturated carbocycles. The van der Waals surface area contributed by atoms with Crippen molar-refractivity contribution < 1.29 is 13.9 Å². The van der Waals surface area contributed by atoms with Crippen LogP contribution in [0.1, 0.15) is 21.5 Å². The Hall–Kier alpha value is -2.16. The zero-order valence-electron chi connectivity index (χ0n) is 11.2. The van der Waals surface area contributed by atoms with Crippen LogP contribution in [0.3, 0.4) is 0 Å². The van der Waals surface area contributed by atoms with E-state index in [2.05, 4.69) is 0 Å². The highest BCUT2D eigenvalue weighted by Gasteiger charge is 2.14. The lowest BCUT2D eigenvalue weighted by Gasteiger charge is -2.14. The van der Waals surface area contributed by atoms with Crippen LogP contribution in [0.4, 0.5) is 4.39 Å². The molecule has 2 aromatic rings. The second-order valence-electron chi connectivity index (χ2n) is 4.45. The Kier molecular flexibility index (Phi) is 3.65. The summed E-state index contributed by atoms with van der Waals surface area (Å²) in [5.41, 5.74) is 3.53. The molecule has 3 heteroatoms. The fourth-order valence-electron chi connectivity index (χ4n) is 2.09. The molecular formula is C16H15FO2. The van der Waals surface area contributed by atoms with Crippen LogP contribution >= 0.6 is 0 Å². The monoisotopic (exact) mass is 258 g/mol. The number of halogens is 1. The molecule has 2 rings (SSSR count). The van der Waals surface area contributed by atoms with Crippen molar-refractivity contribution in [3.05, 3.63) is 52.8 Å². The molecule has 98 valence electrons. The van der Waals surface area contributed by atoms with Crippen molar-refractivity contribution in [2.24, 2.45) is 0 Å². The van der Waals surface area contributed by atoms with Crippen LogP contribution in [-0.4, -0.2) is 13.4 Å². The smallest absolute Gasteiger partial charge is 0.150 e. The van der Waals surface area contributed by atoms with Crippen LogP contribution in [0.2, 0.25) is 0 Å². The Balaban J connectivity index is 2.65. The fraction of sp³-hybridized carbons (Fsp3) is 0.188. The molecule has 0 aromatic heterocycles. The van der Waals surface area contributed by atoms with Gasteiger partial charge in [0, 0.05) is 16.7 Å². The van der Waals surface area contributed by atoms with E-state index in [-0.39, 0.29) is 0 Å². The second kappa shape index (κ2) is 5.22. The molecule has 0 unspecified atom stereocenters. The number of hydrogen-bond acceptors (Lipinski definition) is 2. The van der Waals surface area contributed by atoms with Crippen molar-refractivity contribution >= 4 is 6.29 Å². The molecule has 0 N–H and O–H groups in total. The maximum Gasteiger partial charge on any atom is 0.150 e. The van der Waals surface area contributed by atoms with Crippen molar-refractivity contribution in [3.8, 4) is 16.9 Å². The summed E-state index contributed by atoms with van der Waals surface area (Å²) in [7, 11) is 1.57. The van der Waals surface area contributed by atoms with Gasteiger partial charge in [-0.1, -0.05) is 24.3 Å². The first-order valence-corrected chi connectivity index (χ1v) is 5.97. The summed E-state index contributed by atoms with van der Waals surface area (Å²) >= 11 is 0. The zero-order valence-corrected chi connectivity index (χ0v) is 11.2. The zero-order chi connectivity index (χ0) is 14.0. The van der Waals surface area contributed by atoms with Gasteiger partial charge in [0.25, 0.3) is 0 Å². The van der Waals surface area contributed by atoms with Crippen molar-refractivity contribution in [1.82, 2.24) is 0 Å². The number of ether oxygens (including phenoxy) is 1. The van der Waals surface area contributed by atoms with Gasteiger partial charge in [0.1, 0.15) is 17.9 Å². The summed E-state index contributed by atoms with van der Waals surface area (Å²) in [5, 5.41) is 0. The van der Waals surface area contributed by atoms with Crippen LogP contribution in [-0.2, 0) is 0 Å². The van der Waals surface area contributed by atoms with E-state index in [0.717, 1.165) is 11.1 Å². The largest absolute Gasteiger partial charge is 0.496 e. The molecule has 0 bridgehead atoms. The topological polar surface area (TPSA) is 26.3 Å². The molecule has 0 heterocycles. The van der Waals surface area contributed by atoms with Gasteiger partial charge in [-0.05, 0) is 31.0 Å². The minimum absolute atomic E-state index is 0.323. The highest BCUT2D eigenvalue weighted by Crippen LogP contribution is 2.35. The number of aldehydes is 1. The van der Waals surface area contributed by atoms with E-state index in [4.69, 9.17) is 4.74 Å². The van der Waals surface area contributed by atoms with E-state index >= 15 is 0 Å². The molecule has 0 amide bonds. The number of benzene rings is 2. The van der Waals surface area contributed by atoms with E-state index < -0.39 is 5.82 Å². The summed E-state index contributed by atoms with van der Waals surface area (Å²) in [5.74, 6) is 0.240. The number of hydrogen-bond donors (Lipinski definition) is 0. The third-order valence-electron chi connectivity index (χ3n) is 3.30. The van der Waals surface area contributed by atoms with Crippen LogP contribution in [0.5, 0.6) is 5.75 Å². The number of aryl methyl sites for hydroxylation is 1. The lowest BCUT2D eigenvalue weighted by molar-refractivity contribution is 0.112. The first-order chi connectivity index (χ1) is 9.08. The van der Waals surface area contributed by atoms with Crippen LogP contribution in [0.25, 0.3) is 11.1 Å². The molecule has 2 aromatic carbocycles. The van der Waals surface area contributed by atoms with E-state index in [0.29, 0.717) is 28.7 Å². The lowest BCUT2D eigenvalue weighted by atomic mass is 9.97. The lowest BCUT2D eigenvalue weighted by Crippen LogP contribution is -1.96. The average Bonchev–Trinajstić information content (AvgIpc) is 2.42. The Labute approximate surface area is 111 Å². The van der Waals surface area contributed by atoms with Crippen LogP contribution in [0.15, 0.2) is 30.3 Å². The molecule has 0 fully saturated rings. The minimum Gasteiger partial charge on any atom is -0.496 e. The van der Waals surface area contributed by atoms with Gasteiger partial charge in [-0.15, -0.1) is 0 Å². The van der Waals surface area contributed by atoms with Crippen molar-refractivity contribution in [2.45, 2.75) is 13.8 Å². The predicted molar refractivity (Wildman–Crippen MR) is 73.2 cm³/mol. The number of methoxy groups -OCH3 is 1. The first-order valence-electron chi connectivity index (χ1n) is 5.97. The Morgan fingerprint density at radius 3 is 2.37 bits per heavy atom. The van der Waals surface area contributed by atoms with Crippen molar-refractivity contribution in [2.75, 3.05) is 7.11 Å². The third kappa shape index (κ3) is 2.36. The third-order valence-corrected chi connectivity index (χ3v) is 3.30. The average molecular weight is 258 g/mol. The fourth-order valence-corrected chi connectivity index (χ4v) is 2.09. The van der Waals surface area contributed by atoms with Crippen molar-refractivity contribution in [1.29, 1.82) is 0 Å². The highest BCUT2D eigenvalue weighted by atomic mass is 19.1. The van der Waals surface area contributed by atoms with Gasteiger partial charge in [-0.2, -0.15) is 0 Å². The van der Waals surface area contributed by atoms with Gasteiger partial charge >= 0.3 is 0 Å². The van der Waals surface area contributed by atoms with Crippen molar-refractivity contribution in [3.63, 3.8) is 0 Å². The van der Waals surface area contributed by atoms with Gasteiger partial charge in [0.05, 0.1) is 7.11 Å². The number of rotatable bonds is 3. The van der Waals surface area contributed by atoms with Gasteiger partial charge in [0.15, 0.2) is 0 Å². The molecule has 0 saturated heterocycles. The van der Waals surface area contributed by atoms with Gasteiger partial charge in [0.2, 0.25) is 0 Å². The number of carbonyl (C=O) groups excluding carboxylic acids is 1.